The Morgan fingerprint density at radius 1 is 0.938 bits per heavy atom. The smallest absolute Gasteiger partial charge is 0.230 e. The lowest BCUT2D eigenvalue weighted by Crippen LogP contribution is -2.23. The van der Waals surface area contributed by atoms with Crippen molar-refractivity contribution in [1.82, 2.24) is 14.9 Å². The van der Waals surface area contributed by atoms with E-state index in [1.807, 2.05) is 36.7 Å². The van der Waals surface area contributed by atoms with Gasteiger partial charge in [-0.25, -0.2) is 9.97 Å². The molecular weight excluding hydrogens is 422 g/mol. The first-order valence-corrected chi connectivity index (χ1v) is 11.3. The Labute approximate surface area is 192 Å². The number of methoxy groups -OCH3 is 2. The largest absolute Gasteiger partial charge is 0.493 e. The summed E-state index contributed by atoms with van der Waals surface area (Å²) in [5.41, 5.74) is 5.91. The highest BCUT2D eigenvalue weighted by molar-refractivity contribution is 7.09. The Kier molecular flexibility index (Phi) is 6.87. The molecule has 0 aliphatic heterocycles. The van der Waals surface area contributed by atoms with Crippen molar-refractivity contribution in [2.24, 2.45) is 0 Å². The molecule has 0 amide bonds. The lowest BCUT2D eigenvalue weighted by Gasteiger charge is -2.21. The standard InChI is InChI=1S/C25H27N3O3S/c1-17-23(32-16-26-17)15-28(13-19-9-6-5-7-10-19)14-21-18(2)31-25(27-21)20-11-8-12-22(29-3)24(20)30-4/h5-12,16H,13-15H2,1-4H3. The number of rotatable bonds is 9. The maximum atomic E-state index is 6.07. The fourth-order valence-corrected chi connectivity index (χ4v) is 4.47. The molecule has 0 atom stereocenters. The van der Waals surface area contributed by atoms with Gasteiger partial charge in [-0.1, -0.05) is 36.4 Å². The van der Waals surface area contributed by atoms with Crippen molar-refractivity contribution in [2.75, 3.05) is 14.2 Å². The summed E-state index contributed by atoms with van der Waals surface area (Å²) in [4.78, 5) is 12.9. The first kappa shape index (κ1) is 22.0. The molecule has 0 unspecified atom stereocenters. The maximum Gasteiger partial charge on any atom is 0.230 e. The van der Waals surface area contributed by atoms with Crippen molar-refractivity contribution in [3.63, 3.8) is 0 Å². The zero-order valence-electron chi connectivity index (χ0n) is 18.8. The summed E-state index contributed by atoms with van der Waals surface area (Å²) in [6, 6.07) is 16.2. The summed E-state index contributed by atoms with van der Waals surface area (Å²) >= 11 is 1.69. The van der Waals surface area contributed by atoms with E-state index in [-0.39, 0.29) is 0 Å². The summed E-state index contributed by atoms with van der Waals surface area (Å²) in [6.07, 6.45) is 0. The molecule has 0 bridgehead atoms. The van der Waals surface area contributed by atoms with Crippen LogP contribution in [0.2, 0.25) is 0 Å². The first-order valence-electron chi connectivity index (χ1n) is 10.4. The van der Waals surface area contributed by atoms with Crippen molar-refractivity contribution >= 4 is 11.3 Å². The zero-order valence-corrected chi connectivity index (χ0v) is 19.6. The normalized spacial score (nSPS) is 11.2. The van der Waals surface area contributed by atoms with E-state index in [1.165, 1.54) is 10.4 Å². The Bertz CT molecular complexity index is 1170. The molecule has 166 valence electrons. The SMILES string of the molecule is COc1cccc(-c2nc(CN(Cc3ccccc3)Cc3scnc3C)c(C)o2)c1OC. The van der Waals surface area contributed by atoms with E-state index in [0.29, 0.717) is 23.9 Å². The van der Waals surface area contributed by atoms with Crippen LogP contribution in [0.3, 0.4) is 0 Å². The highest BCUT2D eigenvalue weighted by Crippen LogP contribution is 2.38. The number of hydrogen-bond acceptors (Lipinski definition) is 7. The van der Waals surface area contributed by atoms with Crippen LogP contribution in [-0.2, 0) is 19.6 Å². The average Bonchev–Trinajstić information content (AvgIpc) is 3.38. The van der Waals surface area contributed by atoms with Gasteiger partial charge in [0.25, 0.3) is 0 Å². The van der Waals surface area contributed by atoms with Gasteiger partial charge in [-0.3, -0.25) is 4.90 Å². The van der Waals surface area contributed by atoms with Gasteiger partial charge in [0.1, 0.15) is 5.76 Å². The van der Waals surface area contributed by atoms with Gasteiger partial charge < -0.3 is 13.9 Å². The highest BCUT2D eigenvalue weighted by atomic mass is 32.1. The molecule has 6 nitrogen and oxygen atoms in total. The lowest BCUT2D eigenvalue weighted by atomic mass is 10.2. The van der Waals surface area contributed by atoms with Crippen LogP contribution in [0, 0.1) is 13.8 Å². The third-order valence-electron chi connectivity index (χ3n) is 5.36. The second-order valence-electron chi connectivity index (χ2n) is 7.55. The monoisotopic (exact) mass is 449 g/mol. The zero-order chi connectivity index (χ0) is 22.5. The number of hydrogen-bond donors (Lipinski definition) is 0. The van der Waals surface area contributed by atoms with E-state index < -0.39 is 0 Å². The molecule has 0 fully saturated rings. The predicted molar refractivity (Wildman–Crippen MR) is 126 cm³/mol. The Hall–Kier alpha value is -3.16. The minimum Gasteiger partial charge on any atom is -0.493 e. The summed E-state index contributed by atoms with van der Waals surface area (Å²) in [7, 11) is 3.24. The number of ether oxygens (including phenoxy) is 2. The Morgan fingerprint density at radius 3 is 2.44 bits per heavy atom. The number of aromatic nitrogens is 2. The summed E-state index contributed by atoms with van der Waals surface area (Å²) in [6.45, 7) is 6.28. The van der Waals surface area contributed by atoms with Crippen molar-refractivity contribution < 1.29 is 13.9 Å². The van der Waals surface area contributed by atoms with Gasteiger partial charge in [-0.05, 0) is 31.5 Å². The number of aryl methyl sites for hydroxylation is 2. The van der Waals surface area contributed by atoms with Crippen molar-refractivity contribution in [3.05, 3.63) is 81.6 Å². The third-order valence-corrected chi connectivity index (χ3v) is 6.28. The van der Waals surface area contributed by atoms with E-state index in [2.05, 4.69) is 41.1 Å². The molecule has 0 saturated carbocycles. The van der Waals surface area contributed by atoms with Crippen LogP contribution < -0.4 is 9.47 Å². The van der Waals surface area contributed by atoms with E-state index in [1.54, 1.807) is 25.6 Å². The van der Waals surface area contributed by atoms with Crippen molar-refractivity contribution in [1.29, 1.82) is 0 Å². The predicted octanol–water partition coefficient (Wildman–Crippen LogP) is 5.63. The summed E-state index contributed by atoms with van der Waals surface area (Å²) < 4.78 is 17.1. The third kappa shape index (κ3) is 4.84. The van der Waals surface area contributed by atoms with Gasteiger partial charge in [0.15, 0.2) is 11.5 Å². The van der Waals surface area contributed by atoms with Crippen LogP contribution in [-0.4, -0.2) is 29.1 Å². The van der Waals surface area contributed by atoms with E-state index in [4.69, 9.17) is 18.9 Å². The molecule has 0 saturated heterocycles. The molecule has 32 heavy (non-hydrogen) atoms. The molecule has 4 rings (SSSR count). The molecule has 0 aliphatic rings. The number of benzene rings is 2. The average molecular weight is 450 g/mol. The quantitative estimate of drug-likeness (QED) is 0.330. The molecule has 2 heterocycles. The summed E-state index contributed by atoms with van der Waals surface area (Å²) in [5, 5.41) is 0. The van der Waals surface area contributed by atoms with Crippen LogP contribution in [0.15, 0.2) is 58.5 Å². The molecule has 0 aliphatic carbocycles. The second kappa shape index (κ2) is 9.97. The number of oxazole rings is 1. The summed E-state index contributed by atoms with van der Waals surface area (Å²) in [5.74, 6) is 2.59. The van der Waals surface area contributed by atoms with Gasteiger partial charge >= 0.3 is 0 Å². The van der Waals surface area contributed by atoms with Gasteiger partial charge in [0, 0.05) is 24.5 Å². The molecule has 4 aromatic rings. The molecule has 2 aromatic carbocycles. The van der Waals surface area contributed by atoms with Crippen LogP contribution in [0.25, 0.3) is 11.5 Å². The molecule has 0 spiro atoms. The van der Waals surface area contributed by atoms with E-state index in [0.717, 1.165) is 35.8 Å². The van der Waals surface area contributed by atoms with Crippen LogP contribution in [0.5, 0.6) is 11.5 Å². The fraction of sp³-hybridized carbons (Fsp3) is 0.280. The Morgan fingerprint density at radius 2 is 1.75 bits per heavy atom. The topological polar surface area (TPSA) is 60.6 Å². The first-order chi connectivity index (χ1) is 15.6. The van der Waals surface area contributed by atoms with E-state index in [9.17, 15) is 0 Å². The van der Waals surface area contributed by atoms with Crippen LogP contribution in [0.4, 0.5) is 0 Å². The van der Waals surface area contributed by atoms with Gasteiger partial charge in [0.05, 0.1) is 36.7 Å². The van der Waals surface area contributed by atoms with Crippen LogP contribution >= 0.6 is 11.3 Å². The molecule has 2 aromatic heterocycles. The maximum absolute atomic E-state index is 6.07. The van der Waals surface area contributed by atoms with E-state index >= 15 is 0 Å². The molecule has 0 radical (unpaired) electrons. The Balaban J connectivity index is 1.63. The minimum absolute atomic E-state index is 0.530. The highest BCUT2D eigenvalue weighted by Gasteiger charge is 2.20. The molecule has 7 heteroatoms. The number of nitrogens with zero attached hydrogens (tertiary/aromatic N) is 3. The van der Waals surface area contributed by atoms with Crippen molar-refractivity contribution in [3.8, 4) is 23.0 Å². The lowest BCUT2D eigenvalue weighted by molar-refractivity contribution is 0.245. The minimum atomic E-state index is 0.530. The fourth-order valence-electron chi connectivity index (χ4n) is 3.65. The van der Waals surface area contributed by atoms with Gasteiger partial charge in [-0.2, -0.15) is 0 Å². The van der Waals surface area contributed by atoms with Crippen LogP contribution in [0.1, 0.15) is 27.6 Å². The number of thiazole rings is 1. The molecule has 0 N–H and O–H groups in total. The van der Waals surface area contributed by atoms with Crippen molar-refractivity contribution in [2.45, 2.75) is 33.5 Å². The molecular formula is C25H27N3O3S. The van der Waals surface area contributed by atoms with Gasteiger partial charge in [-0.15, -0.1) is 11.3 Å². The van der Waals surface area contributed by atoms with Gasteiger partial charge in [0.2, 0.25) is 5.89 Å². The second-order valence-corrected chi connectivity index (χ2v) is 8.49. The number of para-hydroxylation sites is 1.